The molecule has 2 N–H and O–H groups in total. The van der Waals surface area contributed by atoms with Crippen molar-refractivity contribution >= 4 is 50.7 Å². The number of hydrogen-bond acceptors (Lipinski definition) is 5. The number of benzene rings is 3. The van der Waals surface area contributed by atoms with Crippen molar-refractivity contribution in [2.75, 3.05) is 12.4 Å². The van der Waals surface area contributed by atoms with Gasteiger partial charge in [0.05, 0.1) is 17.8 Å². The Labute approximate surface area is 215 Å². The second-order valence-electron chi connectivity index (χ2n) is 7.41. The van der Waals surface area contributed by atoms with Crippen molar-refractivity contribution in [3.8, 4) is 11.5 Å². The second-order valence-corrected chi connectivity index (χ2v) is 8.73. The third kappa shape index (κ3) is 6.80. The molecule has 0 saturated heterocycles. The lowest BCUT2D eigenvalue weighted by Crippen LogP contribution is -2.33. The standard InChI is InChI=1S/C25H22BrClFN3O4/c1-14-11-17(26)8-9-21(14)29-24(32)25(33)31-30-15(2)16-7-10-22(23(12-16)34-3)35-13-18-19(27)5-4-6-20(18)28/h4-12H,13H2,1-3H3,(H,29,32)(H,31,33). The SMILES string of the molecule is COc1cc(C(C)=NNC(=O)C(=O)Nc2ccc(Br)cc2C)ccc1OCc1c(F)cccc1Cl. The van der Waals surface area contributed by atoms with E-state index in [0.29, 0.717) is 28.5 Å². The van der Waals surface area contributed by atoms with Gasteiger partial charge in [-0.1, -0.05) is 33.6 Å². The summed E-state index contributed by atoms with van der Waals surface area (Å²) in [5.41, 5.74) is 4.83. The van der Waals surface area contributed by atoms with Gasteiger partial charge in [-0.25, -0.2) is 9.82 Å². The minimum atomic E-state index is -0.916. The number of amides is 2. The summed E-state index contributed by atoms with van der Waals surface area (Å²) in [6, 6.07) is 14.6. The zero-order chi connectivity index (χ0) is 25.5. The number of nitrogens with zero attached hydrogens (tertiary/aromatic N) is 1. The smallest absolute Gasteiger partial charge is 0.329 e. The molecular formula is C25H22BrClFN3O4. The fraction of sp³-hybridized carbons (Fsp3) is 0.160. The van der Waals surface area contributed by atoms with E-state index in [4.69, 9.17) is 21.1 Å². The first-order valence-corrected chi connectivity index (χ1v) is 11.5. The maximum atomic E-state index is 14.0. The number of carbonyl (C=O) groups is 2. The second kappa shape index (κ2) is 11.8. The first kappa shape index (κ1) is 26.2. The number of hydrogen-bond donors (Lipinski definition) is 2. The summed E-state index contributed by atoms with van der Waals surface area (Å²) < 4.78 is 25.9. The lowest BCUT2D eigenvalue weighted by Gasteiger charge is -2.13. The van der Waals surface area contributed by atoms with Gasteiger partial charge in [0.15, 0.2) is 11.5 Å². The Kier molecular flexibility index (Phi) is 8.84. The molecular weight excluding hydrogens is 541 g/mol. The summed E-state index contributed by atoms with van der Waals surface area (Å²) in [6.07, 6.45) is 0. The van der Waals surface area contributed by atoms with Crippen LogP contribution in [0.15, 0.2) is 64.2 Å². The van der Waals surface area contributed by atoms with E-state index in [0.717, 1.165) is 10.0 Å². The molecule has 0 heterocycles. The largest absolute Gasteiger partial charge is 0.493 e. The molecule has 0 radical (unpaired) electrons. The van der Waals surface area contributed by atoms with Gasteiger partial charge in [0.25, 0.3) is 0 Å². The number of methoxy groups -OCH3 is 1. The molecule has 3 aromatic rings. The van der Waals surface area contributed by atoms with Gasteiger partial charge in [0, 0.05) is 21.3 Å². The zero-order valence-electron chi connectivity index (χ0n) is 19.1. The van der Waals surface area contributed by atoms with Crippen molar-refractivity contribution in [3.63, 3.8) is 0 Å². The van der Waals surface area contributed by atoms with E-state index in [1.807, 2.05) is 13.0 Å². The third-order valence-electron chi connectivity index (χ3n) is 4.98. The van der Waals surface area contributed by atoms with E-state index in [1.54, 1.807) is 43.3 Å². The molecule has 0 aliphatic carbocycles. The average Bonchev–Trinajstić information content (AvgIpc) is 2.83. The number of anilines is 1. The quantitative estimate of drug-likeness (QED) is 0.222. The predicted molar refractivity (Wildman–Crippen MR) is 137 cm³/mol. The van der Waals surface area contributed by atoms with Gasteiger partial charge >= 0.3 is 11.8 Å². The normalized spacial score (nSPS) is 11.1. The van der Waals surface area contributed by atoms with Crippen molar-refractivity contribution in [3.05, 3.63) is 86.6 Å². The first-order chi connectivity index (χ1) is 16.7. The molecule has 0 aliphatic rings. The fourth-order valence-electron chi connectivity index (χ4n) is 3.03. The summed E-state index contributed by atoms with van der Waals surface area (Å²) in [5, 5.41) is 6.81. The molecule has 0 saturated carbocycles. The Morgan fingerprint density at radius 2 is 1.86 bits per heavy atom. The fourth-order valence-corrected chi connectivity index (χ4v) is 3.72. The van der Waals surface area contributed by atoms with Crippen LogP contribution < -0.4 is 20.2 Å². The molecule has 0 fully saturated rings. The number of hydrazone groups is 1. The lowest BCUT2D eigenvalue weighted by atomic mass is 10.1. The van der Waals surface area contributed by atoms with E-state index >= 15 is 0 Å². The van der Waals surface area contributed by atoms with Crippen LogP contribution in [0.25, 0.3) is 0 Å². The minimum absolute atomic E-state index is 0.0860. The molecule has 3 rings (SSSR count). The van der Waals surface area contributed by atoms with Crippen LogP contribution in [0.5, 0.6) is 11.5 Å². The van der Waals surface area contributed by atoms with E-state index in [2.05, 4.69) is 31.8 Å². The third-order valence-corrected chi connectivity index (χ3v) is 5.83. The first-order valence-electron chi connectivity index (χ1n) is 10.4. The minimum Gasteiger partial charge on any atom is -0.493 e. The topological polar surface area (TPSA) is 89.0 Å². The highest BCUT2D eigenvalue weighted by Crippen LogP contribution is 2.30. The number of halogens is 3. The number of rotatable bonds is 7. The van der Waals surface area contributed by atoms with Crippen LogP contribution in [0.3, 0.4) is 0 Å². The van der Waals surface area contributed by atoms with Gasteiger partial charge in [-0.3, -0.25) is 9.59 Å². The van der Waals surface area contributed by atoms with Crippen LogP contribution >= 0.6 is 27.5 Å². The monoisotopic (exact) mass is 561 g/mol. The lowest BCUT2D eigenvalue weighted by molar-refractivity contribution is -0.136. The zero-order valence-corrected chi connectivity index (χ0v) is 21.5. The van der Waals surface area contributed by atoms with Crippen molar-refractivity contribution < 1.29 is 23.5 Å². The van der Waals surface area contributed by atoms with Crippen molar-refractivity contribution in [1.29, 1.82) is 0 Å². The number of ether oxygens (including phenoxy) is 2. The molecule has 0 aromatic heterocycles. The van der Waals surface area contributed by atoms with Crippen LogP contribution in [0, 0.1) is 12.7 Å². The van der Waals surface area contributed by atoms with Crippen LogP contribution in [-0.4, -0.2) is 24.6 Å². The van der Waals surface area contributed by atoms with Crippen LogP contribution in [-0.2, 0) is 16.2 Å². The number of aryl methyl sites for hydroxylation is 1. The summed E-state index contributed by atoms with van der Waals surface area (Å²) in [7, 11) is 1.46. The molecule has 10 heteroatoms. The van der Waals surface area contributed by atoms with Crippen molar-refractivity contribution in [1.82, 2.24) is 5.43 Å². The molecule has 35 heavy (non-hydrogen) atoms. The molecule has 0 bridgehead atoms. The Morgan fingerprint density at radius 1 is 1.09 bits per heavy atom. The van der Waals surface area contributed by atoms with Gasteiger partial charge in [-0.2, -0.15) is 5.10 Å². The summed E-state index contributed by atoms with van der Waals surface area (Å²) in [5.74, 6) is -1.48. The molecule has 0 aliphatic heterocycles. The van der Waals surface area contributed by atoms with Crippen LogP contribution in [0.2, 0.25) is 5.02 Å². The van der Waals surface area contributed by atoms with E-state index < -0.39 is 17.6 Å². The van der Waals surface area contributed by atoms with Crippen molar-refractivity contribution in [2.24, 2.45) is 5.10 Å². The van der Waals surface area contributed by atoms with Crippen LogP contribution in [0.4, 0.5) is 10.1 Å². The summed E-state index contributed by atoms with van der Waals surface area (Å²) >= 11 is 9.39. The van der Waals surface area contributed by atoms with Gasteiger partial charge in [0.2, 0.25) is 0 Å². The highest BCUT2D eigenvalue weighted by atomic mass is 79.9. The molecule has 7 nitrogen and oxygen atoms in total. The molecule has 3 aromatic carbocycles. The van der Waals surface area contributed by atoms with E-state index in [-0.39, 0.29) is 17.2 Å². The molecule has 0 atom stereocenters. The number of carbonyl (C=O) groups excluding carboxylic acids is 2. The van der Waals surface area contributed by atoms with Gasteiger partial charge in [-0.05, 0) is 67.9 Å². The Hall–Kier alpha value is -3.43. The van der Waals surface area contributed by atoms with Crippen LogP contribution in [0.1, 0.15) is 23.6 Å². The maximum absolute atomic E-state index is 14.0. The molecule has 2 amide bonds. The highest BCUT2D eigenvalue weighted by molar-refractivity contribution is 9.10. The van der Waals surface area contributed by atoms with Crippen molar-refractivity contribution in [2.45, 2.75) is 20.5 Å². The van der Waals surface area contributed by atoms with Gasteiger partial charge in [0.1, 0.15) is 12.4 Å². The molecule has 182 valence electrons. The van der Waals surface area contributed by atoms with Gasteiger partial charge < -0.3 is 14.8 Å². The average molecular weight is 563 g/mol. The maximum Gasteiger partial charge on any atom is 0.329 e. The Bertz CT molecular complexity index is 1280. The molecule has 0 spiro atoms. The predicted octanol–water partition coefficient (Wildman–Crippen LogP) is 5.62. The molecule has 0 unspecified atom stereocenters. The van der Waals surface area contributed by atoms with E-state index in [1.165, 1.54) is 19.2 Å². The number of nitrogens with one attached hydrogen (secondary N) is 2. The Morgan fingerprint density at radius 3 is 2.54 bits per heavy atom. The summed E-state index contributed by atoms with van der Waals surface area (Å²) in [6.45, 7) is 3.38. The van der Waals surface area contributed by atoms with E-state index in [9.17, 15) is 14.0 Å². The van der Waals surface area contributed by atoms with Gasteiger partial charge in [-0.15, -0.1) is 0 Å². The highest BCUT2D eigenvalue weighted by Gasteiger charge is 2.15. The Balaban J connectivity index is 1.66. The summed E-state index contributed by atoms with van der Waals surface area (Å²) in [4.78, 5) is 24.4.